The van der Waals surface area contributed by atoms with Gasteiger partial charge in [-0.3, -0.25) is 24.0 Å². The summed E-state index contributed by atoms with van der Waals surface area (Å²) in [6.45, 7) is 4.07. The molecule has 0 heterocycles. The average molecular weight is 652 g/mol. The third-order valence-electron chi connectivity index (χ3n) is 6.14. The number of nitrogens with one attached hydrogen (secondary N) is 4. The van der Waals surface area contributed by atoms with Crippen molar-refractivity contribution in [1.29, 1.82) is 0 Å². The van der Waals surface area contributed by atoms with Gasteiger partial charge in [0.25, 0.3) is 0 Å². The summed E-state index contributed by atoms with van der Waals surface area (Å²) < 4.78 is 4.87. The van der Waals surface area contributed by atoms with Crippen molar-refractivity contribution in [2.24, 2.45) is 23.1 Å². The van der Waals surface area contributed by atoms with Crippen LogP contribution in [0.25, 0.3) is 0 Å². The summed E-state index contributed by atoms with van der Waals surface area (Å²) in [6.07, 6.45) is 3.72. The number of ether oxygens (including phenoxy) is 1. The lowest BCUT2D eigenvalue weighted by Crippen LogP contribution is -2.52. The van der Waals surface area contributed by atoms with E-state index in [-0.39, 0.29) is 49.7 Å². The van der Waals surface area contributed by atoms with E-state index in [2.05, 4.69) is 21.3 Å². The van der Waals surface area contributed by atoms with Gasteiger partial charge in [0.15, 0.2) is 0 Å². The standard InChI is InChI=1S/C27H53N7O7S2/c1-20(6-2-11-28)25(38)32-13-4-8-22(34-26(39)21(30)7-3-12-29)27(40)33-15-19-43-42-18-14-31-23(36)9-10-24(37)41-17-5-16-35/h20-22,35H,2-19,28-30H2,1H3,(H,31,36)(H,32,38)(H,33,40)(H,34,39). The van der Waals surface area contributed by atoms with Crippen molar-refractivity contribution in [3.8, 4) is 0 Å². The minimum absolute atomic E-state index is 0.0109. The predicted octanol–water partition coefficient (Wildman–Crippen LogP) is -0.872. The van der Waals surface area contributed by atoms with E-state index < -0.39 is 24.0 Å². The van der Waals surface area contributed by atoms with Crippen LogP contribution in [-0.4, -0.2) is 104 Å². The zero-order valence-corrected chi connectivity index (χ0v) is 27.0. The third kappa shape index (κ3) is 23.0. The number of aliphatic hydroxyl groups is 1. The highest BCUT2D eigenvalue weighted by Gasteiger charge is 2.23. The Morgan fingerprint density at radius 2 is 1.40 bits per heavy atom. The fraction of sp³-hybridized carbons (Fsp3) is 0.815. The van der Waals surface area contributed by atoms with Crippen LogP contribution < -0.4 is 38.5 Å². The number of rotatable bonds is 27. The number of amides is 4. The highest BCUT2D eigenvalue weighted by Crippen LogP contribution is 2.19. The summed E-state index contributed by atoms with van der Waals surface area (Å²) in [4.78, 5) is 60.9. The molecular weight excluding hydrogens is 598 g/mol. The van der Waals surface area contributed by atoms with Crippen LogP contribution in [0.5, 0.6) is 0 Å². The zero-order valence-electron chi connectivity index (χ0n) is 25.4. The summed E-state index contributed by atoms with van der Waals surface area (Å²) in [6, 6.07) is -1.55. The molecule has 0 fully saturated rings. The van der Waals surface area contributed by atoms with Gasteiger partial charge in [-0.05, 0) is 51.6 Å². The van der Waals surface area contributed by atoms with Gasteiger partial charge in [0.1, 0.15) is 6.04 Å². The summed E-state index contributed by atoms with van der Waals surface area (Å²) in [5.41, 5.74) is 17.0. The highest BCUT2D eigenvalue weighted by molar-refractivity contribution is 8.76. The molecule has 250 valence electrons. The first kappa shape index (κ1) is 40.9. The summed E-state index contributed by atoms with van der Waals surface area (Å²) >= 11 is 0. The topological polar surface area (TPSA) is 241 Å². The van der Waals surface area contributed by atoms with Gasteiger partial charge < -0.3 is 48.3 Å². The molecule has 14 nitrogen and oxygen atoms in total. The van der Waals surface area contributed by atoms with E-state index >= 15 is 0 Å². The normalized spacial score (nSPS) is 13.0. The van der Waals surface area contributed by atoms with Crippen molar-refractivity contribution < 1.29 is 33.8 Å². The first-order valence-electron chi connectivity index (χ1n) is 14.9. The van der Waals surface area contributed by atoms with Gasteiger partial charge in [0, 0.05) is 56.5 Å². The molecule has 0 spiro atoms. The molecule has 0 aromatic rings. The summed E-state index contributed by atoms with van der Waals surface area (Å²) in [7, 11) is 3.06. The fourth-order valence-corrected chi connectivity index (χ4v) is 5.39. The zero-order chi connectivity index (χ0) is 32.3. The molecule has 3 atom stereocenters. The SMILES string of the molecule is CC(CCCN)C(=O)NCCCC(NC(=O)C(N)CCCN)C(=O)NCCSSCCNC(=O)CCC(=O)OCCCO. The predicted molar refractivity (Wildman–Crippen MR) is 171 cm³/mol. The van der Waals surface area contributed by atoms with E-state index in [1.165, 1.54) is 21.6 Å². The molecule has 0 saturated carbocycles. The minimum atomic E-state index is -0.789. The van der Waals surface area contributed by atoms with Crippen LogP contribution in [0.15, 0.2) is 0 Å². The molecule has 4 amide bonds. The minimum Gasteiger partial charge on any atom is -0.466 e. The number of esters is 1. The van der Waals surface area contributed by atoms with Crippen molar-refractivity contribution >= 4 is 51.2 Å². The van der Waals surface area contributed by atoms with Gasteiger partial charge in [-0.1, -0.05) is 28.5 Å². The van der Waals surface area contributed by atoms with Crippen LogP contribution in [0.3, 0.4) is 0 Å². The van der Waals surface area contributed by atoms with E-state index in [4.69, 9.17) is 27.0 Å². The van der Waals surface area contributed by atoms with Crippen LogP contribution in [0, 0.1) is 5.92 Å². The molecule has 0 bridgehead atoms. The summed E-state index contributed by atoms with van der Waals surface area (Å²) in [5.74, 6) is -0.414. The molecule has 0 aromatic carbocycles. The van der Waals surface area contributed by atoms with Crippen LogP contribution >= 0.6 is 21.6 Å². The van der Waals surface area contributed by atoms with Gasteiger partial charge in [0.05, 0.1) is 19.1 Å². The van der Waals surface area contributed by atoms with E-state index in [0.29, 0.717) is 82.8 Å². The van der Waals surface area contributed by atoms with Gasteiger partial charge in [-0.15, -0.1) is 0 Å². The van der Waals surface area contributed by atoms with Crippen molar-refractivity contribution in [3.63, 3.8) is 0 Å². The first-order valence-corrected chi connectivity index (χ1v) is 17.4. The number of carbonyl (C=O) groups excluding carboxylic acids is 5. The van der Waals surface area contributed by atoms with Gasteiger partial charge in [0.2, 0.25) is 23.6 Å². The van der Waals surface area contributed by atoms with Gasteiger partial charge in [-0.2, -0.15) is 0 Å². The Kier molecular flexibility index (Phi) is 26.1. The molecule has 43 heavy (non-hydrogen) atoms. The molecule has 11 N–H and O–H groups in total. The maximum Gasteiger partial charge on any atom is 0.306 e. The Balaban J connectivity index is 4.39. The lowest BCUT2D eigenvalue weighted by atomic mass is 10.0. The third-order valence-corrected chi connectivity index (χ3v) is 8.55. The molecule has 0 rings (SSSR count). The van der Waals surface area contributed by atoms with Crippen molar-refractivity contribution in [2.75, 3.05) is 57.4 Å². The Hall–Kier alpha value is -2.11. The Labute approximate surface area is 263 Å². The second-order valence-electron chi connectivity index (χ2n) is 9.95. The average Bonchev–Trinajstić information content (AvgIpc) is 2.99. The Bertz CT molecular complexity index is 812. The largest absolute Gasteiger partial charge is 0.466 e. The monoisotopic (exact) mass is 651 g/mol. The number of hydrogen-bond donors (Lipinski definition) is 8. The Morgan fingerprint density at radius 3 is 2.05 bits per heavy atom. The van der Waals surface area contributed by atoms with Crippen molar-refractivity contribution in [1.82, 2.24) is 21.3 Å². The quantitative estimate of drug-likeness (QED) is 0.0307. The van der Waals surface area contributed by atoms with E-state index in [1.54, 1.807) is 0 Å². The highest BCUT2D eigenvalue weighted by atomic mass is 33.1. The first-order chi connectivity index (χ1) is 20.7. The van der Waals surface area contributed by atoms with E-state index in [9.17, 15) is 24.0 Å². The Morgan fingerprint density at radius 1 is 0.767 bits per heavy atom. The molecule has 0 aromatic heterocycles. The second-order valence-corrected chi connectivity index (χ2v) is 12.6. The summed E-state index contributed by atoms with van der Waals surface area (Å²) in [5, 5.41) is 19.9. The number of aliphatic hydroxyl groups excluding tert-OH is 1. The maximum absolute atomic E-state index is 12.9. The molecule has 0 aliphatic carbocycles. The molecule has 0 saturated heterocycles. The molecule has 0 aliphatic rings. The molecule has 16 heteroatoms. The lowest BCUT2D eigenvalue weighted by molar-refractivity contribution is -0.145. The maximum atomic E-state index is 12.9. The van der Waals surface area contributed by atoms with Crippen molar-refractivity contribution in [3.05, 3.63) is 0 Å². The van der Waals surface area contributed by atoms with Gasteiger partial charge in [-0.25, -0.2) is 0 Å². The number of nitrogens with two attached hydrogens (primary N) is 3. The molecule has 0 radical (unpaired) electrons. The van der Waals surface area contributed by atoms with E-state index in [1.807, 2.05) is 6.92 Å². The van der Waals surface area contributed by atoms with E-state index in [0.717, 1.165) is 6.42 Å². The van der Waals surface area contributed by atoms with Crippen molar-refractivity contribution in [2.45, 2.75) is 76.8 Å². The lowest BCUT2D eigenvalue weighted by Gasteiger charge is -2.21. The molecule has 3 unspecified atom stereocenters. The number of carbonyl (C=O) groups is 5. The fourth-order valence-electron chi connectivity index (χ4n) is 3.58. The van der Waals surface area contributed by atoms with Crippen LogP contribution in [-0.2, 0) is 28.7 Å². The smallest absolute Gasteiger partial charge is 0.306 e. The van der Waals surface area contributed by atoms with Crippen LogP contribution in [0.1, 0.15) is 64.7 Å². The molecular formula is C27H53N7O7S2. The van der Waals surface area contributed by atoms with Crippen LogP contribution in [0.4, 0.5) is 0 Å². The number of hydrogen-bond acceptors (Lipinski definition) is 12. The van der Waals surface area contributed by atoms with Crippen LogP contribution in [0.2, 0.25) is 0 Å². The molecule has 0 aliphatic heterocycles. The second kappa shape index (κ2) is 27.4. The van der Waals surface area contributed by atoms with Gasteiger partial charge >= 0.3 is 5.97 Å².